The molecule has 0 saturated carbocycles. The summed E-state index contributed by atoms with van der Waals surface area (Å²) >= 11 is 5.82. The second-order valence-corrected chi connectivity index (χ2v) is 4.23. The lowest BCUT2D eigenvalue weighted by molar-refractivity contribution is 0.260. The van der Waals surface area contributed by atoms with Crippen molar-refractivity contribution in [1.29, 1.82) is 5.26 Å². The molecule has 1 aromatic heterocycles. The molecule has 0 aromatic carbocycles. The molecule has 0 spiro atoms. The zero-order valence-corrected chi connectivity index (χ0v) is 10.4. The van der Waals surface area contributed by atoms with Crippen LogP contribution in [0.4, 0.5) is 0 Å². The minimum Gasteiger partial charge on any atom is -0.298 e. The van der Waals surface area contributed by atoms with Crippen molar-refractivity contribution in [2.75, 3.05) is 13.1 Å². The van der Waals surface area contributed by atoms with Crippen molar-refractivity contribution in [3.05, 3.63) is 29.0 Å². The van der Waals surface area contributed by atoms with E-state index in [2.05, 4.69) is 22.9 Å². The molecule has 0 saturated heterocycles. The van der Waals surface area contributed by atoms with E-state index in [0.29, 0.717) is 5.15 Å². The lowest BCUT2D eigenvalue weighted by Gasteiger charge is -2.21. The number of rotatable bonds is 5. The third-order valence-electron chi connectivity index (χ3n) is 2.40. The highest BCUT2D eigenvalue weighted by Gasteiger charge is 2.08. The third-order valence-corrected chi connectivity index (χ3v) is 2.60. The van der Waals surface area contributed by atoms with Gasteiger partial charge in [0.1, 0.15) is 5.15 Å². The van der Waals surface area contributed by atoms with Crippen LogP contribution in [0.1, 0.15) is 19.4 Å². The van der Waals surface area contributed by atoms with Gasteiger partial charge in [0.2, 0.25) is 0 Å². The van der Waals surface area contributed by atoms with Crippen LogP contribution in [0.25, 0.3) is 0 Å². The molecule has 1 heterocycles. The number of nitriles is 1. The van der Waals surface area contributed by atoms with Gasteiger partial charge in [-0.25, -0.2) is 4.98 Å². The van der Waals surface area contributed by atoms with Gasteiger partial charge >= 0.3 is 0 Å². The first-order valence-electron chi connectivity index (χ1n) is 5.38. The summed E-state index contributed by atoms with van der Waals surface area (Å²) in [5, 5.41) is 9.30. The molecule has 0 amide bonds. The number of hydrogen-bond donors (Lipinski definition) is 0. The quantitative estimate of drug-likeness (QED) is 0.740. The smallest absolute Gasteiger partial charge is 0.129 e. The monoisotopic (exact) mass is 237 g/mol. The van der Waals surface area contributed by atoms with E-state index in [9.17, 15) is 0 Å². The molecule has 86 valence electrons. The molecule has 1 unspecified atom stereocenters. The molecule has 0 fully saturated rings. The maximum Gasteiger partial charge on any atom is 0.129 e. The van der Waals surface area contributed by atoms with Crippen LogP contribution in [0.5, 0.6) is 0 Å². The summed E-state index contributed by atoms with van der Waals surface area (Å²) in [7, 11) is 0. The van der Waals surface area contributed by atoms with Gasteiger partial charge in [0.15, 0.2) is 0 Å². The van der Waals surface area contributed by atoms with E-state index in [-0.39, 0.29) is 5.92 Å². The number of halogens is 1. The zero-order valence-electron chi connectivity index (χ0n) is 9.65. The Labute approximate surface area is 102 Å². The first-order chi connectivity index (χ1) is 7.65. The number of pyridine rings is 1. The predicted molar refractivity (Wildman–Crippen MR) is 65.0 cm³/mol. The van der Waals surface area contributed by atoms with E-state index in [0.717, 1.165) is 25.2 Å². The zero-order chi connectivity index (χ0) is 12.0. The van der Waals surface area contributed by atoms with Crippen LogP contribution in [0.15, 0.2) is 18.3 Å². The standard InChI is InChI=1S/C12H16ClN3/c1-3-16(8-10(2)7-14)9-11-4-5-15-12(13)6-11/h4-6,10H,3,8-9H2,1-2H3. The van der Waals surface area contributed by atoms with Crippen molar-refractivity contribution >= 4 is 11.6 Å². The summed E-state index contributed by atoms with van der Waals surface area (Å²) < 4.78 is 0. The highest BCUT2D eigenvalue weighted by atomic mass is 35.5. The Morgan fingerprint density at radius 2 is 2.38 bits per heavy atom. The van der Waals surface area contributed by atoms with Crippen LogP contribution >= 0.6 is 11.6 Å². The Hall–Kier alpha value is -1.11. The second kappa shape index (κ2) is 6.47. The maximum atomic E-state index is 8.78. The van der Waals surface area contributed by atoms with Crippen molar-refractivity contribution in [3.8, 4) is 6.07 Å². The topological polar surface area (TPSA) is 39.9 Å². The van der Waals surface area contributed by atoms with Gasteiger partial charge in [0.05, 0.1) is 12.0 Å². The first kappa shape index (κ1) is 13.0. The Kier molecular flexibility index (Phi) is 5.24. The summed E-state index contributed by atoms with van der Waals surface area (Å²) in [6.45, 7) is 6.54. The molecule has 4 heteroatoms. The van der Waals surface area contributed by atoms with E-state index in [1.54, 1.807) is 6.20 Å². The van der Waals surface area contributed by atoms with Crippen molar-refractivity contribution in [2.45, 2.75) is 20.4 Å². The van der Waals surface area contributed by atoms with E-state index in [1.807, 2.05) is 19.1 Å². The van der Waals surface area contributed by atoms with E-state index >= 15 is 0 Å². The van der Waals surface area contributed by atoms with Crippen LogP contribution in [0, 0.1) is 17.2 Å². The minimum atomic E-state index is 0.0530. The number of nitrogens with zero attached hydrogens (tertiary/aromatic N) is 3. The van der Waals surface area contributed by atoms with Crippen LogP contribution in [0.2, 0.25) is 5.15 Å². The molecular weight excluding hydrogens is 222 g/mol. The summed E-state index contributed by atoms with van der Waals surface area (Å²) in [4.78, 5) is 6.17. The Morgan fingerprint density at radius 1 is 1.62 bits per heavy atom. The van der Waals surface area contributed by atoms with Crippen LogP contribution in [-0.2, 0) is 6.54 Å². The lowest BCUT2D eigenvalue weighted by atomic mass is 10.1. The van der Waals surface area contributed by atoms with Crippen molar-refractivity contribution < 1.29 is 0 Å². The summed E-state index contributed by atoms with van der Waals surface area (Å²) in [5.74, 6) is 0.0530. The highest BCUT2D eigenvalue weighted by Crippen LogP contribution is 2.10. The average Bonchev–Trinajstić information content (AvgIpc) is 2.28. The molecule has 16 heavy (non-hydrogen) atoms. The average molecular weight is 238 g/mol. The second-order valence-electron chi connectivity index (χ2n) is 3.84. The van der Waals surface area contributed by atoms with Crippen LogP contribution in [-0.4, -0.2) is 23.0 Å². The third kappa shape index (κ3) is 4.18. The van der Waals surface area contributed by atoms with Crippen molar-refractivity contribution in [2.24, 2.45) is 5.92 Å². The van der Waals surface area contributed by atoms with Crippen molar-refractivity contribution in [1.82, 2.24) is 9.88 Å². The molecular formula is C12H16ClN3. The Bertz CT molecular complexity index is 373. The van der Waals surface area contributed by atoms with Crippen LogP contribution < -0.4 is 0 Å². The molecule has 0 N–H and O–H groups in total. The largest absolute Gasteiger partial charge is 0.298 e. The van der Waals surface area contributed by atoms with E-state index in [1.165, 1.54) is 0 Å². The van der Waals surface area contributed by atoms with Gasteiger partial charge in [0.25, 0.3) is 0 Å². The molecule has 0 aliphatic carbocycles. The molecule has 0 bridgehead atoms. The fourth-order valence-corrected chi connectivity index (χ4v) is 1.73. The fraction of sp³-hybridized carbons (Fsp3) is 0.500. The normalized spacial score (nSPS) is 12.4. The highest BCUT2D eigenvalue weighted by molar-refractivity contribution is 6.29. The van der Waals surface area contributed by atoms with Crippen molar-refractivity contribution in [3.63, 3.8) is 0 Å². The van der Waals surface area contributed by atoms with Gasteiger partial charge in [-0.15, -0.1) is 0 Å². The molecule has 1 aromatic rings. The van der Waals surface area contributed by atoms with Gasteiger partial charge in [0, 0.05) is 19.3 Å². The Balaban J connectivity index is 2.60. The number of aromatic nitrogens is 1. The molecule has 1 atom stereocenters. The lowest BCUT2D eigenvalue weighted by Crippen LogP contribution is -2.27. The van der Waals surface area contributed by atoms with Gasteiger partial charge < -0.3 is 0 Å². The van der Waals surface area contributed by atoms with E-state index < -0.39 is 0 Å². The summed E-state index contributed by atoms with van der Waals surface area (Å²) in [6, 6.07) is 6.06. The molecule has 0 radical (unpaired) electrons. The van der Waals surface area contributed by atoms with E-state index in [4.69, 9.17) is 16.9 Å². The summed E-state index contributed by atoms with van der Waals surface area (Å²) in [6.07, 6.45) is 1.71. The fourth-order valence-electron chi connectivity index (χ4n) is 1.53. The minimum absolute atomic E-state index is 0.0530. The molecule has 1 rings (SSSR count). The van der Waals surface area contributed by atoms with Gasteiger partial charge in [-0.2, -0.15) is 5.26 Å². The summed E-state index contributed by atoms with van der Waals surface area (Å²) in [5.41, 5.74) is 1.13. The van der Waals surface area contributed by atoms with Gasteiger partial charge in [-0.1, -0.05) is 18.5 Å². The SMILES string of the molecule is CCN(Cc1ccnc(Cl)c1)CC(C)C#N. The predicted octanol–water partition coefficient (Wildman–Crippen LogP) is 2.72. The Morgan fingerprint density at radius 3 is 2.94 bits per heavy atom. The maximum absolute atomic E-state index is 8.78. The van der Waals surface area contributed by atoms with Gasteiger partial charge in [-0.3, -0.25) is 4.90 Å². The molecule has 3 nitrogen and oxygen atoms in total. The molecule has 0 aliphatic heterocycles. The molecule has 0 aliphatic rings. The first-order valence-corrected chi connectivity index (χ1v) is 5.76. The number of hydrogen-bond acceptors (Lipinski definition) is 3. The van der Waals surface area contributed by atoms with Crippen LogP contribution in [0.3, 0.4) is 0 Å². The van der Waals surface area contributed by atoms with Gasteiger partial charge in [-0.05, 0) is 31.2 Å².